The molecule has 2 aromatic rings. The maximum absolute atomic E-state index is 12.7. The molecule has 2 aliphatic rings. The van der Waals surface area contributed by atoms with E-state index in [0.717, 1.165) is 58.9 Å². The number of pyridine rings is 2. The van der Waals surface area contributed by atoms with Gasteiger partial charge in [-0.05, 0) is 79.9 Å². The van der Waals surface area contributed by atoms with Crippen molar-refractivity contribution >= 4 is 38.6 Å². The number of carbonyl (C=O) groups excluding carboxylic acids is 2. The lowest BCUT2D eigenvalue weighted by atomic mass is 9.92. The van der Waals surface area contributed by atoms with Gasteiger partial charge in [0.1, 0.15) is 5.69 Å². The number of hydrogen-bond acceptors (Lipinski definition) is 4. The molecule has 2 aromatic heterocycles. The van der Waals surface area contributed by atoms with Gasteiger partial charge in [-0.3, -0.25) is 14.6 Å². The highest BCUT2D eigenvalue weighted by Crippen LogP contribution is 2.42. The Kier molecular flexibility index (Phi) is 5.91. The summed E-state index contributed by atoms with van der Waals surface area (Å²) in [6, 6.07) is 3.78. The van der Waals surface area contributed by atoms with Gasteiger partial charge in [0.2, 0.25) is 5.91 Å². The highest BCUT2D eigenvalue weighted by atomic mass is 79.9. The van der Waals surface area contributed by atoms with Crippen LogP contribution in [0.1, 0.15) is 50.5 Å². The minimum atomic E-state index is -0.141. The van der Waals surface area contributed by atoms with Crippen LogP contribution in [0.5, 0.6) is 0 Å². The standard InChI is InChI=1S/C23H27BrN4O2/c1-13(2)14(3)23(30)28-8-4-5-16(12-28)17-9-20(17)27-22(29)19-7-6-15-10-25-11-18(24)21(15)26-19/h6-7,10-11,16-17,20H,4-5,8-9,12H2,1-3H3,(H,27,29). The molecule has 2 amide bonds. The van der Waals surface area contributed by atoms with Crippen LogP contribution < -0.4 is 5.32 Å². The second-order valence-electron chi connectivity index (χ2n) is 8.65. The van der Waals surface area contributed by atoms with Gasteiger partial charge in [-0.15, -0.1) is 0 Å². The predicted octanol–water partition coefficient (Wildman–Crippen LogP) is 4.11. The molecule has 0 aromatic carbocycles. The molecule has 0 spiro atoms. The number of likely N-dealkylation sites (tertiary alicyclic amines) is 1. The van der Waals surface area contributed by atoms with Gasteiger partial charge in [-0.2, -0.15) is 0 Å². The number of aromatic nitrogens is 2. The van der Waals surface area contributed by atoms with Crippen molar-refractivity contribution in [1.29, 1.82) is 0 Å². The Hall–Kier alpha value is -2.28. The quantitative estimate of drug-likeness (QED) is 0.682. The van der Waals surface area contributed by atoms with Crippen molar-refractivity contribution in [3.8, 4) is 0 Å². The molecule has 0 radical (unpaired) electrons. The van der Waals surface area contributed by atoms with Crippen molar-refractivity contribution in [2.24, 2.45) is 11.8 Å². The van der Waals surface area contributed by atoms with Crippen LogP contribution >= 0.6 is 15.9 Å². The third-order valence-electron chi connectivity index (χ3n) is 6.36. The van der Waals surface area contributed by atoms with Gasteiger partial charge in [0.25, 0.3) is 5.91 Å². The third-order valence-corrected chi connectivity index (χ3v) is 6.94. The molecule has 3 atom stereocenters. The van der Waals surface area contributed by atoms with E-state index in [1.807, 2.05) is 31.7 Å². The third kappa shape index (κ3) is 4.26. The van der Waals surface area contributed by atoms with Crippen LogP contribution in [-0.4, -0.2) is 45.8 Å². The largest absolute Gasteiger partial charge is 0.348 e. The first-order valence-corrected chi connectivity index (χ1v) is 11.3. The molecular weight excluding hydrogens is 444 g/mol. The molecule has 3 heterocycles. The van der Waals surface area contributed by atoms with Crippen LogP contribution in [0.2, 0.25) is 0 Å². The second kappa shape index (κ2) is 8.46. The van der Waals surface area contributed by atoms with E-state index < -0.39 is 0 Å². The van der Waals surface area contributed by atoms with Crippen LogP contribution in [0.25, 0.3) is 10.9 Å². The monoisotopic (exact) mass is 470 g/mol. The van der Waals surface area contributed by atoms with E-state index in [1.165, 1.54) is 0 Å². The van der Waals surface area contributed by atoms with Gasteiger partial charge in [0.05, 0.1) is 9.99 Å². The number of nitrogens with zero attached hydrogens (tertiary/aromatic N) is 3. The van der Waals surface area contributed by atoms with E-state index in [4.69, 9.17) is 0 Å². The topological polar surface area (TPSA) is 75.2 Å². The number of hydrogen-bond donors (Lipinski definition) is 1. The Bertz CT molecular complexity index is 1030. The summed E-state index contributed by atoms with van der Waals surface area (Å²) >= 11 is 3.45. The van der Waals surface area contributed by atoms with E-state index in [0.29, 0.717) is 17.5 Å². The van der Waals surface area contributed by atoms with Gasteiger partial charge in [-0.1, -0.05) is 5.57 Å². The van der Waals surface area contributed by atoms with Gasteiger partial charge in [-0.25, -0.2) is 4.98 Å². The number of halogens is 1. The van der Waals surface area contributed by atoms with Crippen molar-refractivity contribution < 1.29 is 9.59 Å². The number of nitrogens with one attached hydrogen (secondary N) is 1. The Morgan fingerprint density at radius 2 is 2.00 bits per heavy atom. The minimum absolute atomic E-state index is 0.141. The zero-order chi connectivity index (χ0) is 21.4. The molecule has 1 saturated heterocycles. The fourth-order valence-electron chi connectivity index (χ4n) is 4.27. The molecule has 1 aliphatic carbocycles. The van der Waals surface area contributed by atoms with Crippen LogP contribution in [0.3, 0.4) is 0 Å². The molecule has 30 heavy (non-hydrogen) atoms. The van der Waals surface area contributed by atoms with Gasteiger partial charge >= 0.3 is 0 Å². The molecule has 7 heteroatoms. The first-order chi connectivity index (χ1) is 14.3. The average Bonchev–Trinajstić information content (AvgIpc) is 3.51. The smallest absolute Gasteiger partial charge is 0.270 e. The van der Waals surface area contributed by atoms with Crippen molar-refractivity contribution in [1.82, 2.24) is 20.2 Å². The normalized spacial score (nSPS) is 23.2. The van der Waals surface area contributed by atoms with E-state index >= 15 is 0 Å². The molecule has 6 nitrogen and oxygen atoms in total. The van der Waals surface area contributed by atoms with Gasteiger partial charge < -0.3 is 10.2 Å². The van der Waals surface area contributed by atoms with Crippen LogP contribution in [0.4, 0.5) is 0 Å². The zero-order valence-corrected chi connectivity index (χ0v) is 19.2. The number of allylic oxidation sites excluding steroid dienone is 1. The van der Waals surface area contributed by atoms with E-state index in [9.17, 15) is 9.59 Å². The fraction of sp³-hybridized carbons (Fsp3) is 0.478. The summed E-state index contributed by atoms with van der Waals surface area (Å²) in [6.07, 6.45) is 6.53. The van der Waals surface area contributed by atoms with E-state index in [-0.39, 0.29) is 17.9 Å². The number of rotatable bonds is 4. The van der Waals surface area contributed by atoms with Crippen LogP contribution in [0, 0.1) is 11.8 Å². The van der Waals surface area contributed by atoms with Crippen LogP contribution in [-0.2, 0) is 4.79 Å². The number of piperidine rings is 1. The number of carbonyl (C=O) groups is 2. The molecule has 0 bridgehead atoms. The highest BCUT2D eigenvalue weighted by Gasteiger charge is 2.45. The summed E-state index contributed by atoms with van der Waals surface area (Å²) < 4.78 is 0.776. The molecule has 1 N–H and O–H groups in total. The van der Waals surface area contributed by atoms with Gasteiger partial charge in [0, 0.05) is 42.5 Å². The van der Waals surface area contributed by atoms with Crippen molar-refractivity contribution in [3.05, 3.63) is 45.8 Å². The fourth-order valence-corrected chi connectivity index (χ4v) is 4.71. The summed E-state index contributed by atoms with van der Waals surface area (Å²) in [5.41, 5.74) is 3.07. The molecule has 1 aliphatic heterocycles. The van der Waals surface area contributed by atoms with Crippen LogP contribution in [0.15, 0.2) is 40.1 Å². The Morgan fingerprint density at radius 1 is 1.20 bits per heavy atom. The first-order valence-electron chi connectivity index (χ1n) is 10.5. The number of amides is 2. The molecule has 3 unspecified atom stereocenters. The zero-order valence-electron chi connectivity index (χ0n) is 17.6. The van der Waals surface area contributed by atoms with Crippen molar-refractivity contribution in [3.63, 3.8) is 0 Å². The molecule has 158 valence electrons. The SMILES string of the molecule is CC(C)=C(C)C(=O)N1CCCC(C2CC2NC(=O)c2ccc3cncc(Br)c3n2)C1. The summed E-state index contributed by atoms with van der Waals surface area (Å²) in [4.78, 5) is 36.1. The average molecular weight is 471 g/mol. The lowest BCUT2D eigenvalue weighted by Gasteiger charge is -2.33. The minimum Gasteiger partial charge on any atom is -0.348 e. The van der Waals surface area contributed by atoms with E-state index in [1.54, 1.807) is 18.5 Å². The van der Waals surface area contributed by atoms with E-state index in [2.05, 4.69) is 31.2 Å². The summed E-state index contributed by atoms with van der Waals surface area (Å²) in [5, 5.41) is 4.03. The summed E-state index contributed by atoms with van der Waals surface area (Å²) in [5.74, 6) is 0.898. The Morgan fingerprint density at radius 3 is 2.77 bits per heavy atom. The van der Waals surface area contributed by atoms with Gasteiger partial charge in [0.15, 0.2) is 0 Å². The van der Waals surface area contributed by atoms with Crippen molar-refractivity contribution in [2.75, 3.05) is 13.1 Å². The number of fused-ring (bicyclic) bond motifs is 1. The maximum atomic E-state index is 12.7. The molecule has 4 rings (SSSR count). The second-order valence-corrected chi connectivity index (χ2v) is 9.50. The Labute approximate surface area is 185 Å². The summed E-state index contributed by atoms with van der Waals surface area (Å²) in [7, 11) is 0. The predicted molar refractivity (Wildman–Crippen MR) is 120 cm³/mol. The summed E-state index contributed by atoms with van der Waals surface area (Å²) in [6.45, 7) is 7.49. The highest BCUT2D eigenvalue weighted by molar-refractivity contribution is 9.10. The molecule has 2 fully saturated rings. The molecule has 1 saturated carbocycles. The first kappa shape index (κ1) is 21.0. The lowest BCUT2D eigenvalue weighted by molar-refractivity contribution is -0.129. The van der Waals surface area contributed by atoms with Crippen molar-refractivity contribution in [2.45, 2.75) is 46.1 Å². The molecular formula is C23H27BrN4O2. The lowest BCUT2D eigenvalue weighted by Crippen LogP contribution is -2.42. The maximum Gasteiger partial charge on any atom is 0.270 e. The Balaban J connectivity index is 1.38.